The molecule has 0 aliphatic carbocycles. The highest BCUT2D eigenvalue weighted by molar-refractivity contribution is 6.30. The number of nitrogens with zero attached hydrogens (tertiary/aromatic N) is 1. The van der Waals surface area contributed by atoms with Crippen LogP contribution in [0.5, 0.6) is 0 Å². The molecule has 1 heterocycles. The SMILES string of the molecule is CC(C)OCCNC(=O)[C@@H]1CCC(=O)N(CCc2ccc(Cl)cc2)C1. The first-order valence-electron chi connectivity index (χ1n) is 8.87. The van der Waals surface area contributed by atoms with Crippen molar-refractivity contribution in [3.8, 4) is 0 Å². The number of carbonyl (C=O) groups excluding carboxylic acids is 2. The third kappa shape index (κ3) is 6.67. The first kappa shape index (κ1) is 19.7. The van der Waals surface area contributed by atoms with Crippen LogP contribution in [0.25, 0.3) is 0 Å². The Bertz CT molecular complexity index is 575. The van der Waals surface area contributed by atoms with Crippen molar-refractivity contribution >= 4 is 23.4 Å². The van der Waals surface area contributed by atoms with E-state index in [9.17, 15) is 9.59 Å². The standard InChI is InChI=1S/C19H27ClN2O3/c1-14(2)25-12-10-21-19(24)16-5-8-18(23)22(13-16)11-9-15-3-6-17(20)7-4-15/h3-4,6-7,14,16H,5,8-13H2,1-2H3,(H,21,24)/t16-/m1/s1. The Hall–Kier alpha value is -1.59. The second-order valence-electron chi connectivity index (χ2n) is 6.66. The molecule has 1 saturated heterocycles. The molecule has 1 aromatic rings. The summed E-state index contributed by atoms with van der Waals surface area (Å²) in [6, 6.07) is 7.64. The quantitative estimate of drug-likeness (QED) is 0.719. The highest BCUT2D eigenvalue weighted by Gasteiger charge is 2.29. The summed E-state index contributed by atoms with van der Waals surface area (Å²) in [5, 5.41) is 3.61. The van der Waals surface area contributed by atoms with Crippen molar-refractivity contribution in [3.63, 3.8) is 0 Å². The predicted molar refractivity (Wildman–Crippen MR) is 98.6 cm³/mol. The van der Waals surface area contributed by atoms with Crippen LogP contribution in [0, 0.1) is 5.92 Å². The Labute approximate surface area is 154 Å². The number of benzene rings is 1. The van der Waals surface area contributed by atoms with Crippen LogP contribution < -0.4 is 5.32 Å². The van der Waals surface area contributed by atoms with E-state index >= 15 is 0 Å². The minimum atomic E-state index is -0.137. The number of rotatable bonds is 8. The molecule has 0 radical (unpaired) electrons. The maximum absolute atomic E-state index is 12.3. The Morgan fingerprint density at radius 2 is 2.08 bits per heavy atom. The maximum atomic E-state index is 12.3. The Balaban J connectivity index is 1.78. The number of piperidine rings is 1. The summed E-state index contributed by atoms with van der Waals surface area (Å²) in [5.74, 6) is -0.000489. The molecule has 1 aromatic carbocycles. The zero-order chi connectivity index (χ0) is 18.2. The number of ether oxygens (including phenoxy) is 1. The highest BCUT2D eigenvalue weighted by atomic mass is 35.5. The van der Waals surface area contributed by atoms with Crippen LogP contribution in [0.4, 0.5) is 0 Å². The highest BCUT2D eigenvalue weighted by Crippen LogP contribution is 2.19. The van der Waals surface area contributed by atoms with E-state index in [1.54, 1.807) is 4.90 Å². The van der Waals surface area contributed by atoms with Gasteiger partial charge < -0.3 is 15.0 Å². The van der Waals surface area contributed by atoms with Gasteiger partial charge in [0.1, 0.15) is 0 Å². The van der Waals surface area contributed by atoms with Crippen LogP contribution in [-0.4, -0.2) is 49.1 Å². The molecule has 1 aliphatic heterocycles. The van der Waals surface area contributed by atoms with Gasteiger partial charge in [-0.2, -0.15) is 0 Å². The molecule has 1 N–H and O–H groups in total. The fraction of sp³-hybridized carbons (Fsp3) is 0.579. The van der Waals surface area contributed by atoms with Crippen molar-refractivity contribution in [2.45, 2.75) is 39.2 Å². The Morgan fingerprint density at radius 3 is 2.76 bits per heavy atom. The third-order valence-electron chi connectivity index (χ3n) is 4.31. The molecule has 0 aromatic heterocycles. The summed E-state index contributed by atoms with van der Waals surface area (Å²) >= 11 is 5.89. The van der Waals surface area contributed by atoms with Gasteiger partial charge in [0.05, 0.1) is 18.6 Å². The maximum Gasteiger partial charge on any atom is 0.224 e. The van der Waals surface area contributed by atoms with E-state index in [4.69, 9.17) is 16.3 Å². The van der Waals surface area contributed by atoms with Gasteiger partial charge in [-0.15, -0.1) is 0 Å². The van der Waals surface area contributed by atoms with Crippen molar-refractivity contribution < 1.29 is 14.3 Å². The van der Waals surface area contributed by atoms with Crippen LogP contribution in [0.15, 0.2) is 24.3 Å². The Kier molecular flexibility index (Phi) is 7.72. The van der Waals surface area contributed by atoms with Gasteiger partial charge >= 0.3 is 0 Å². The molecule has 0 saturated carbocycles. The molecular weight excluding hydrogens is 340 g/mol. The van der Waals surface area contributed by atoms with Crippen LogP contribution in [0.2, 0.25) is 5.02 Å². The van der Waals surface area contributed by atoms with Crippen molar-refractivity contribution in [2.75, 3.05) is 26.2 Å². The molecule has 1 aliphatic rings. The fourth-order valence-corrected chi connectivity index (χ4v) is 3.00. The van der Waals surface area contributed by atoms with Gasteiger partial charge in [-0.1, -0.05) is 23.7 Å². The van der Waals surface area contributed by atoms with Crippen LogP contribution in [0.3, 0.4) is 0 Å². The van der Waals surface area contributed by atoms with E-state index < -0.39 is 0 Å². The second kappa shape index (κ2) is 9.78. The number of likely N-dealkylation sites (tertiary alicyclic amines) is 1. The van der Waals surface area contributed by atoms with Crippen LogP contribution in [-0.2, 0) is 20.7 Å². The normalized spacial score (nSPS) is 17.8. The Morgan fingerprint density at radius 1 is 1.36 bits per heavy atom. The molecule has 1 fully saturated rings. The summed E-state index contributed by atoms with van der Waals surface area (Å²) in [6.07, 6.45) is 1.97. The van der Waals surface area contributed by atoms with Crippen molar-refractivity contribution in [1.82, 2.24) is 10.2 Å². The average molecular weight is 367 g/mol. The third-order valence-corrected chi connectivity index (χ3v) is 4.56. The average Bonchev–Trinajstić information content (AvgIpc) is 2.59. The molecule has 2 rings (SSSR count). The van der Waals surface area contributed by atoms with Gasteiger partial charge in [0.15, 0.2) is 0 Å². The summed E-state index contributed by atoms with van der Waals surface area (Å²) in [7, 11) is 0. The van der Waals surface area contributed by atoms with E-state index in [1.807, 2.05) is 38.1 Å². The van der Waals surface area contributed by atoms with E-state index in [1.165, 1.54) is 0 Å². The minimum Gasteiger partial charge on any atom is -0.377 e. The van der Waals surface area contributed by atoms with Crippen molar-refractivity contribution in [1.29, 1.82) is 0 Å². The molecule has 138 valence electrons. The van der Waals surface area contributed by atoms with Gasteiger partial charge in [-0.3, -0.25) is 9.59 Å². The second-order valence-corrected chi connectivity index (χ2v) is 7.10. The van der Waals surface area contributed by atoms with Crippen molar-refractivity contribution in [2.24, 2.45) is 5.92 Å². The number of hydrogen-bond donors (Lipinski definition) is 1. The van der Waals surface area contributed by atoms with Gasteiger partial charge in [0, 0.05) is 31.1 Å². The van der Waals surface area contributed by atoms with Crippen molar-refractivity contribution in [3.05, 3.63) is 34.9 Å². The summed E-state index contributed by atoms with van der Waals surface area (Å²) < 4.78 is 5.43. The van der Waals surface area contributed by atoms with Gasteiger partial charge in [-0.25, -0.2) is 0 Å². The van der Waals surface area contributed by atoms with Crippen LogP contribution >= 0.6 is 11.6 Å². The largest absolute Gasteiger partial charge is 0.377 e. The van der Waals surface area contributed by atoms with Gasteiger partial charge in [-0.05, 0) is 44.4 Å². The topological polar surface area (TPSA) is 58.6 Å². The zero-order valence-electron chi connectivity index (χ0n) is 15.0. The first-order valence-corrected chi connectivity index (χ1v) is 9.25. The van der Waals surface area contributed by atoms with Gasteiger partial charge in [0.2, 0.25) is 11.8 Å². The fourth-order valence-electron chi connectivity index (χ4n) is 2.87. The molecule has 0 unspecified atom stereocenters. The number of carbonyl (C=O) groups is 2. The molecule has 2 amide bonds. The number of amides is 2. The van der Waals surface area contributed by atoms with E-state index in [0.717, 1.165) is 12.0 Å². The zero-order valence-corrected chi connectivity index (χ0v) is 15.7. The number of nitrogens with one attached hydrogen (secondary N) is 1. The first-order chi connectivity index (χ1) is 12.0. The molecule has 25 heavy (non-hydrogen) atoms. The molecular formula is C19H27ClN2O3. The molecule has 6 heteroatoms. The summed E-state index contributed by atoms with van der Waals surface area (Å²) in [5.41, 5.74) is 1.13. The lowest BCUT2D eigenvalue weighted by Gasteiger charge is -2.32. The molecule has 0 bridgehead atoms. The predicted octanol–water partition coefficient (Wildman–Crippen LogP) is 2.66. The lowest BCUT2D eigenvalue weighted by atomic mass is 9.96. The summed E-state index contributed by atoms with van der Waals surface area (Å²) in [6.45, 7) is 6.06. The minimum absolute atomic E-state index is 0.0105. The number of halogens is 1. The lowest BCUT2D eigenvalue weighted by Crippen LogP contribution is -2.46. The molecule has 1 atom stereocenters. The summed E-state index contributed by atoms with van der Waals surface area (Å²) in [4.78, 5) is 26.2. The van der Waals surface area contributed by atoms with E-state index in [2.05, 4.69) is 5.32 Å². The lowest BCUT2D eigenvalue weighted by molar-refractivity contribution is -0.138. The van der Waals surface area contributed by atoms with E-state index in [-0.39, 0.29) is 23.8 Å². The molecule has 0 spiro atoms. The smallest absolute Gasteiger partial charge is 0.224 e. The monoisotopic (exact) mass is 366 g/mol. The van der Waals surface area contributed by atoms with Crippen LogP contribution in [0.1, 0.15) is 32.3 Å². The molecule has 5 nitrogen and oxygen atoms in total. The van der Waals surface area contributed by atoms with Gasteiger partial charge in [0.25, 0.3) is 0 Å². The number of hydrogen-bond acceptors (Lipinski definition) is 3. The van der Waals surface area contributed by atoms with E-state index in [0.29, 0.717) is 44.1 Å².